The summed E-state index contributed by atoms with van der Waals surface area (Å²) in [5, 5.41) is 11.4. The van der Waals surface area contributed by atoms with Gasteiger partial charge in [0.15, 0.2) is 0 Å². The van der Waals surface area contributed by atoms with Crippen molar-refractivity contribution in [3.8, 4) is 0 Å². The lowest BCUT2D eigenvalue weighted by Crippen LogP contribution is -2.45. The molecule has 120 valence electrons. The SMILES string of the molecule is CC(C)(C)OC(=O)N[C@@H](CCN1CC(Br)CC1=O)C(=O)O. The van der Waals surface area contributed by atoms with Gasteiger partial charge in [0.25, 0.3) is 0 Å². The summed E-state index contributed by atoms with van der Waals surface area (Å²) in [5.74, 6) is -1.17. The summed E-state index contributed by atoms with van der Waals surface area (Å²) < 4.78 is 5.03. The van der Waals surface area contributed by atoms with Gasteiger partial charge in [-0.05, 0) is 27.2 Å². The van der Waals surface area contributed by atoms with Crippen LogP contribution in [0.5, 0.6) is 0 Å². The lowest BCUT2D eigenvalue weighted by atomic mass is 10.2. The molecule has 1 fully saturated rings. The Kier molecular flexibility index (Phi) is 6.00. The number of carbonyl (C=O) groups excluding carboxylic acids is 2. The van der Waals surface area contributed by atoms with E-state index in [0.717, 1.165) is 0 Å². The van der Waals surface area contributed by atoms with E-state index in [9.17, 15) is 14.4 Å². The molecule has 8 heteroatoms. The highest BCUT2D eigenvalue weighted by Crippen LogP contribution is 2.18. The average molecular weight is 365 g/mol. The van der Waals surface area contributed by atoms with Gasteiger partial charge in [0.05, 0.1) is 0 Å². The van der Waals surface area contributed by atoms with E-state index >= 15 is 0 Å². The summed E-state index contributed by atoms with van der Waals surface area (Å²) in [5.41, 5.74) is -0.693. The van der Waals surface area contributed by atoms with Crippen molar-refractivity contribution in [2.45, 2.75) is 50.1 Å². The Bertz CT molecular complexity index is 421. The van der Waals surface area contributed by atoms with Gasteiger partial charge in [-0.1, -0.05) is 15.9 Å². The first-order chi connectivity index (χ1) is 9.58. The van der Waals surface area contributed by atoms with Gasteiger partial charge in [-0.25, -0.2) is 9.59 Å². The maximum Gasteiger partial charge on any atom is 0.408 e. The van der Waals surface area contributed by atoms with Crippen molar-refractivity contribution in [2.75, 3.05) is 13.1 Å². The van der Waals surface area contributed by atoms with E-state index in [4.69, 9.17) is 9.84 Å². The fourth-order valence-electron chi connectivity index (χ4n) is 1.93. The number of nitrogens with zero attached hydrogens (tertiary/aromatic N) is 1. The van der Waals surface area contributed by atoms with E-state index in [1.54, 1.807) is 25.7 Å². The quantitative estimate of drug-likeness (QED) is 0.717. The van der Waals surface area contributed by atoms with Crippen molar-refractivity contribution in [1.29, 1.82) is 0 Å². The van der Waals surface area contributed by atoms with Gasteiger partial charge < -0.3 is 20.1 Å². The van der Waals surface area contributed by atoms with Crippen LogP contribution >= 0.6 is 15.9 Å². The summed E-state index contributed by atoms with van der Waals surface area (Å²) in [7, 11) is 0. The number of aliphatic carboxylic acids is 1. The zero-order valence-corrected chi connectivity index (χ0v) is 14.0. The van der Waals surface area contributed by atoms with Crippen molar-refractivity contribution in [2.24, 2.45) is 0 Å². The minimum Gasteiger partial charge on any atom is -0.480 e. The number of halogens is 1. The van der Waals surface area contributed by atoms with E-state index in [-0.39, 0.29) is 23.7 Å². The predicted molar refractivity (Wildman–Crippen MR) is 79.3 cm³/mol. The Balaban J connectivity index is 2.49. The van der Waals surface area contributed by atoms with Gasteiger partial charge in [0.1, 0.15) is 11.6 Å². The molecule has 7 nitrogen and oxygen atoms in total. The third-order valence-electron chi connectivity index (χ3n) is 2.84. The number of alkyl halides is 1. The average Bonchev–Trinajstić information content (AvgIpc) is 2.60. The molecule has 21 heavy (non-hydrogen) atoms. The van der Waals surface area contributed by atoms with Crippen LogP contribution in [0.25, 0.3) is 0 Å². The molecule has 0 aliphatic carbocycles. The predicted octanol–water partition coefficient (Wildman–Crippen LogP) is 1.35. The molecule has 0 aromatic heterocycles. The second-order valence-electron chi connectivity index (χ2n) is 5.97. The summed E-state index contributed by atoms with van der Waals surface area (Å²) in [6.07, 6.45) is -0.224. The summed E-state index contributed by atoms with van der Waals surface area (Å²) >= 11 is 3.36. The van der Waals surface area contributed by atoms with Crippen LogP contribution < -0.4 is 5.32 Å². The summed E-state index contributed by atoms with van der Waals surface area (Å²) in [6.45, 7) is 5.93. The zero-order chi connectivity index (χ0) is 16.2. The molecule has 2 atom stereocenters. The number of alkyl carbamates (subject to hydrolysis) is 1. The van der Waals surface area contributed by atoms with E-state index in [1.165, 1.54) is 0 Å². The molecule has 1 saturated heterocycles. The molecule has 2 N–H and O–H groups in total. The van der Waals surface area contributed by atoms with Crippen molar-refractivity contribution in [1.82, 2.24) is 10.2 Å². The molecule has 1 rings (SSSR count). The molecular weight excluding hydrogens is 344 g/mol. The number of ether oxygens (including phenoxy) is 1. The van der Waals surface area contributed by atoms with Crippen LogP contribution in [0.2, 0.25) is 0 Å². The Morgan fingerprint density at radius 1 is 1.52 bits per heavy atom. The smallest absolute Gasteiger partial charge is 0.408 e. The first-order valence-corrected chi connectivity index (χ1v) is 7.64. The third-order valence-corrected chi connectivity index (χ3v) is 3.46. The Morgan fingerprint density at radius 3 is 2.57 bits per heavy atom. The Morgan fingerprint density at radius 2 is 2.14 bits per heavy atom. The highest BCUT2D eigenvalue weighted by atomic mass is 79.9. The molecule has 1 aliphatic rings. The van der Waals surface area contributed by atoms with Crippen LogP contribution in [0.1, 0.15) is 33.6 Å². The topological polar surface area (TPSA) is 95.9 Å². The van der Waals surface area contributed by atoms with E-state index in [2.05, 4.69) is 21.2 Å². The fourth-order valence-corrected chi connectivity index (χ4v) is 2.56. The van der Waals surface area contributed by atoms with Crippen LogP contribution in [0.4, 0.5) is 4.79 Å². The Hall–Kier alpha value is -1.31. The van der Waals surface area contributed by atoms with Crippen molar-refractivity contribution < 1.29 is 24.2 Å². The molecule has 1 aliphatic heterocycles. The van der Waals surface area contributed by atoms with Crippen molar-refractivity contribution >= 4 is 33.9 Å². The maximum absolute atomic E-state index is 11.6. The number of carboxylic acid groups (broad SMARTS) is 1. The lowest BCUT2D eigenvalue weighted by Gasteiger charge is -2.23. The standard InChI is InChI=1S/C13H21BrN2O5/c1-13(2,3)21-12(20)15-9(11(18)19)4-5-16-7-8(14)6-10(16)17/h8-9H,4-7H2,1-3H3,(H,15,20)(H,18,19)/t8?,9-/m0/s1. The number of rotatable bonds is 5. The van der Waals surface area contributed by atoms with Gasteiger partial charge in [0.2, 0.25) is 5.91 Å². The van der Waals surface area contributed by atoms with Gasteiger partial charge in [0, 0.05) is 24.3 Å². The van der Waals surface area contributed by atoms with E-state index < -0.39 is 23.7 Å². The maximum atomic E-state index is 11.6. The highest BCUT2D eigenvalue weighted by molar-refractivity contribution is 9.09. The van der Waals surface area contributed by atoms with E-state index in [1.807, 2.05) is 0 Å². The summed E-state index contributed by atoms with van der Waals surface area (Å²) in [6, 6.07) is -1.08. The van der Waals surface area contributed by atoms with Gasteiger partial charge >= 0.3 is 12.1 Å². The first kappa shape index (κ1) is 17.7. The number of amides is 2. The minimum absolute atomic E-state index is 0.0155. The normalized spacial score (nSPS) is 20.3. The van der Waals surface area contributed by atoms with E-state index in [0.29, 0.717) is 13.0 Å². The molecule has 0 aromatic rings. The second-order valence-corrected chi connectivity index (χ2v) is 7.26. The lowest BCUT2D eigenvalue weighted by molar-refractivity contribution is -0.140. The van der Waals surface area contributed by atoms with Gasteiger partial charge in [-0.15, -0.1) is 0 Å². The zero-order valence-electron chi connectivity index (χ0n) is 12.4. The number of carbonyl (C=O) groups is 3. The highest BCUT2D eigenvalue weighted by Gasteiger charge is 2.30. The number of hydrogen-bond donors (Lipinski definition) is 2. The van der Waals surface area contributed by atoms with Crippen molar-refractivity contribution in [3.05, 3.63) is 0 Å². The van der Waals surface area contributed by atoms with Gasteiger partial charge in [-0.2, -0.15) is 0 Å². The molecule has 2 amide bonds. The molecular formula is C13H21BrN2O5. The first-order valence-electron chi connectivity index (χ1n) is 6.72. The van der Waals surface area contributed by atoms with Crippen LogP contribution in [0.3, 0.4) is 0 Å². The fraction of sp³-hybridized carbons (Fsp3) is 0.769. The third kappa shape index (κ3) is 6.33. The molecule has 0 bridgehead atoms. The molecule has 0 spiro atoms. The van der Waals surface area contributed by atoms with Crippen molar-refractivity contribution in [3.63, 3.8) is 0 Å². The van der Waals surface area contributed by atoms with Crippen LogP contribution in [-0.4, -0.2) is 57.5 Å². The molecule has 0 saturated carbocycles. The number of likely N-dealkylation sites (tertiary alicyclic amines) is 1. The molecule has 0 aromatic carbocycles. The molecule has 1 heterocycles. The van der Waals surface area contributed by atoms with Crippen LogP contribution in [0, 0.1) is 0 Å². The van der Waals surface area contributed by atoms with Gasteiger partial charge in [-0.3, -0.25) is 4.79 Å². The Labute approximate surface area is 132 Å². The molecule has 0 radical (unpaired) electrons. The van der Waals surface area contributed by atoms with Crippen LogP contribution in [-0.2, 0) is 14.3 Å². The monoisotopic (exact) mass is 364 g/mol. The minimum atomic E-state index is -1.15. The number of hydrogen-bond acceptors (Lipinski definition) is 4. The summed E-state index contributed by atoms with van der Waals surface area (Å²) in [4.78, 5) is 36.1. The largest absolute Gasteiger partial charge is 0.480 e. The second kappa shape index (κ2) is 7.11. The number of nitrogens with one attached hydrogen (secondary N) is 1. The van der Waals surface area contributed by atoms with Crippen LogP contribution in [0.15, 0.2) is 0 Å². The molecule has 1 unspecified atom stereocenters. The number of carboxylic acids is 1.